The summed E-state index contributed by atoms with van der Waals surface area (Å²) in [7, 11) is 1.66. The molecule has 4 heteroatoms. The van der Waals surface area contributed by atoms with Crippen molar-refractivity contribution < 1.29 is 4.74 Å². The highest BCUT2D eigenvalue weighted by atomic mass is 35.5. The molecule has 0 aliphatic rings. The summed E-state index contributed by atoms with van der Waals surface area (Å²) in [6.45, 7) is 0. The molecule has 0 radical (unpaired) electrons. The fourth-order valence-corrected chi connectivity index (χ4v) is 2.33. The maximum absolute atomic E-state index is 6.19. The van der Waals surface area contributed by atoms with Crippen LogP contribution in [0.4, 0.5) is 0 Å². The van der Waals surface area contributed by atoms with Gasteiger partial charge in [-0.2, -0.15) is 0 Å². The van der Waals surface area contributed by atoms with Gasteiger partial charge in [-0.3, -0.25) is 0 Å². The summed E-state index contributed by atoms with van der Waals surface area (Å²) in [5.41, 5.74) is 8.44. The summed E-state index contributed by atoms with van der Waals surface area (Å²) in [5, 5.41) is 1.10. The van der Waals surface area contributed by atoms with Crippen LogP contribution in [-0.4, -0.2) is 7.11 Å². The Labute approximate surface area is 129 Å². The number of ether oxygens (including phenoxy) is 1. The van der Waals surface area contributed by atoms with E-state index in [2.05, 4.69) is 12.1 Å². The van der Waals surface area contributed by atoms with Gasteiger partial charge in [0.15, 0.2) is 0 Å². The van der Waals surface area contributed by atoms with E-state index in [4.69, 9.17) is 33.7 Å². The summed E-state index contributed by atoms with van der Waals surface area (Å²) >= 11 is 11.9. The number of halogens is 2. The van der Waals surface area contributed by atoms with Crippen LogP contribution in [0.5, 0.6) is 5.75 Å². The second-order valence-corrected chi connectivity index (χ2v) is 5.48. The quantitative estimate of drug-likeness (QED) is 0.873. The molecule has 1 unspecified atom stereocenters. The number of benzene rings is 2. The molecule has 0 bridgehead atoms. The molecule has 0 fully saturated rings. The summed E-state index contributed by atoms with van der Waals surface area (Å²) in [5.74, 6) is 0.863. The lowest BCUT2D eigenvalue weighted by molar-refractivity contribution is 0.414. The molecule has 2 rings (SSSR count). The number of hydrogen-bond acceptors (Lipinski definition) is 2. The fourth-order valence-electron chi connectivity index (χ4n) is 2.02. The topological polar surface area (TPSA) is 35.2 Å². The average molecular weight is 310 g/mol. The van der Waals surface area contributed by atoms with Crippen LogP contribution in [0.25, 0.3) is 0 Å². The van der Waals surface area contributed by atoms with Crippen LogP contribution in [0.1, 0.15) is 23.6 Å². The van der Waals surface area contributed by atoms with Gasteiger partial charge in [0.2, 0.25) is 0 Å². The van der Waals surface area contributed by atoms with E-state index in [1.54, 1.807) is 13.2 Å². The van der Waals surface area contributed by atoms with Crippen LogP contribution < -0.4 is 10.5 Å². The Hall–Kier alpha value is -1.22. The van der Waals surface area contributed by atoms with Gasteiger partial charge in [-0.25, -0.2) is 0 Å². The Balaban J connectivity index is 1.96. The van der Waals surface area contributed by atoms with E-state index in [1.807, 2.05) is 24.3 Å². The third-order valence-electron chi connectivity index (χ3n) is 3.27. The Morgan fingerprint density at radius 2 is 1.75 bits per heavy atom. The Kier molecular flexibility index (Phi) is 5.30. The number of methoxy groups -OCH3 is 1. The monoisotopic (exact) mass is 309 g/mol. The molecule has 20 heavy (non-hydrogen) atoms. The summed E-state index contributed by atoms with van der Waals surface area (Å²) < 4.78 is 5.14. The van der Waals surface area contributed by atoms with Crippen molar-refractivity contribution in [2.24, 2.45) is 5.73 Å². The molecule has 0 saturated carbocycles. The standard InChI is InChI=1S/C16H17Cl2NO/c1-20-13-6-2-11(3-7-13)4-9-16(19)12-5-8-14(17)15(18)10-12/h2-3,5-8,10,16H,4,9,19H2,1H3. The van der Waals surface area contributed by atoms with Crippen molar-refractivity contribution >= 4 is 23.2 Å². The molecule has 106 valence electrons. The molecule has 0 heterocycles. The molecule has 0 amide bonds. The van der Waals surface area contributed by atoms with Gasteiger partial charge in [-0.15, -0.1) is 0 Å². The van der Waals surface area contributed by atoms with Crippen molar-refractivity contribution in [2.45, 2.75) is 18.9 Å². The third kappa shape index (κ3) is 3.89. The number of rotatable bonds is 5. The number of hydrogen-bond donors (Lipinski definition) is 1. The van der Waals surface area contributed by atoms with Crippen LogP contribution >= 0.6 is 23.2 Å². The van der Waals surface area contributed by atoms with Gasteiger partial charge in [-0.1, -0.05) is 41.4 Å². The van der Waals surface area contributed by atoms with Crippen molar-refractivity contribution in [3.8, 4) is 5.75 Å². The molecule has 2 N–H and O–H groups in total. The minimum Gasteiger partial charge on any atom is -0.497 e. The van der Waals surface area contributed by atoms with Gasteiger partial charge >= 0.3 is 0 Å². The normalized spacial score (nSPS) is 12.2. The summed E-state index contributed by atoms with van der Waals surface area (Å²) in [6, 6.07) is 13.5. The summed E-state index contributed by atoms with van der Waals surface area (Å²) in [4.78, 5) is 0. The van der Waals surface area contributed by atoms with E-state index < -0.39 is 0 Å². The van der Waals surface area contributed by atoms with E-state index >= 15 is 0 Å². The van der Waals surface area contributed by atoms with E-state index in [1.165, 1.54) is 5.56 Å². The maximum atomic E-state index is 6.19. The largest absolute Gasteiger partial charge is 0.497 e. The highest BCUT2D eigenvalue weighted by Crippen LogP contribution is 2.26. The number of aryl methyl sites for hydroxylation is 1. The van der Waals surface area contributed by atoms with Gasteiger partial charge in [0, 0.05) is 6.04 Å². The van der Waals surface area contributed by atoms with Gasteiger partial charge in [0.25, 0.3) is 0 Å². The molecular weight excluding hydrogens is 293 g/mol. The Morgan fingerprint density at radius 1 is 1.05 bits per heavy atom. The molecule has 2 nitrogen and oxygen atoms in total. The first-order chi connectivity index (χ1) is 9.60. The van der Waals surface area contributed by atoms with Crippen molar-refractivity contribution in [2.75, 3.05) is 7.11 Å². The van der Waals surface area contributed by atoms with Gasteiger partial charge in [0.05, 0.1) is 17.2 Å². The van der Waals surface area contributed by atoms with Crippen LogP contribution in [-0.2, 0) is 6.42 Å². The minimum absolute atomic E-state index is 0.0492. The van der Waals surface area contributed by atoms with E-state index in [-0.39, 0.29) is 6.04 Å². The predicted molar refractivity (Wildman–Crippen MR) is 84.7 cm³/mol. The number of nitrogens with two attached hydrogens (primary N) is 1. The smallest absolute Gasteiger partial charge is 0.118 e. The van der Waals surface area contributed by atoms with Gasteiger partial charge in [-0.05, 0) is 48.2 Å². The van der Waals surface area contributed by atoms with Gasteiger partial charge < -0.3 is 10.5 Å². The predicted octanol–water partition coefficient (Wildman–Crippen LogP) is 4.63. The first kappa shape index (κ1) is 15.2. The van der Waals surface area contributed by atoms with E-state index in [0.29, 0.717) is 10.0 Å². The molecule has 0 saturated heterocycles. The van der Waals surface area contributed by atoms with Crippen molar-refractivity contribution in [3.05, 3.63) is 63.6 Å². The molecule has 2 aromatic rings. The van der Waals surface area contributed by atoms with Crippen molar-refractivity contribution in [1.82, 2.24) is 0 Å². The Morgan fingerprint density at radius 3 is 2.35 bits per heavy atom. The van der Waals surface area contributed by atoms with Gasteiger partial charge in [0.1, 0.15) is 5.75 Å². The Bertz CT molecular complexity index is 569. The second kappa shape index (κ2) is 6.98. The molecule has 0 spiro atoms. The molecule has 0 aliphatic heterocycles. The highest BCUT2D eigenvalue weighted by molar-refractivity contribution is 6.42. The van der Waals surface area contributed by atoms with Crippen LogP contribution in [0.15, 0.2) is 42.5 Å². The lowest BCUT2D eigenvalue weighted by Gasteiger charge is -2.13. The minimum atomic E-state index is -0.0492. The zero-order valence-electron chi connectivity index (χ0n) is 11.3. The maximum Gasteiger partial charge on any atom is 0.118 e. The van der Waals surface area contributed by atoms with E-state index in [9.17, 15) is 0 Å². The second-order valence-electron chi connectivity index (χ2n) is 4.67. The zero-order valence-corrected chi connectivity index (χ0v) is 12.8. The first-order valence-corrected chi connectivity index (χ1v) is 7.19. The highest BCUT2D eigenvalue weighted by Gasteiger charge is 2.08. The van der Waals surface area contributed by atoms with Crippen LogP contribution in [0.3, 0.4) is 0 Å². The molecule has 0 aliphatic carbocycles. The lowest BCUT2D eigenvalue weighted by atomic mass is 10.00. The fraction of sp³-hybridized carbons (Fsp3) is 0.250. The molecule has 2 aromatic carbocycles. The molecule has 1 atom stereocenters. The van der Waals surface area contributed by atoms with E-state index in [0.717, 1.165) is 24.2 Å². The lowest BCUT2D eigenvalue weighted by Crippen LogP contribution is -2.11. The van der Waals surface area contributed by atoms with Crippen LogP contribution in [0, 0.1) is 0 Å². The van der Waals surface area contributed by atoms with Crippen molar-refractivity contribution in [3.63, 3.8) is 0 Å². The van der Waals surface area contributed by atoms with Crippen molar-refractivity contribution in [1.29, 1.82) is 0 Å². The average Bonchev–Trinajstić information content (AvgIpc) is 2.48. The third-order valence-corrected chi connectivity index (χ3v) is 4.01. The SMILES string of the molecule is COc1ccc(CCC(N)c2ccc(Cl)c(Cl)c2)cc1. The molecule has 0 aromatic heterocycles. The zero-order chi connectivity index (χ0) is 14.5. The van der Waals surface area contributed by atoms with Crippen LogP contribution in [0.2, 0.25) is 10.0 Å². The molecular formula is C16H17Cl2NO. The first-order valence-electron chi connectivity index (χ1n) is 6.43. The summed E-state index contributed by atoms with van der Waals surface area (Å²) in [6.07, 6.45) is 1.76.